The summed E-state index contributed by atoms with van der Waals surface area (Å²) in [6.45, 7) is 10.9. The molecular weight excluding hydrogens is 292 g/mol. The molecule has 0 aliphatic heterocycles. The molecule has 122 valence electrons. The maximum absolute atomic E-state index is 12.0. The fourth-order valence-electron chi connectivity index (χ4n) is 1.49. The van der Waals surface area contributed by atoms with E-state index in [2.05, 4.69) is 10.0 Å². The summed E-state index contributed by atoms with van der Waals surface area (Å²) in [5, 5.41) is 3.17. The van der Waals surface area contributed by atoms with Crippen molar-refractivity contribution in [2.75, 3.05) is 13.2 Å². The zero-order valence-corrected chi connectivity index (χ0v) is 14.2. The van der Waals surface area contributed by atoms with Crippen LogP contribution >= 0.6 is 0 Å². The van der Waals surface area contributed by atoms with Gasteiger partial charge in [0.1, 0.15) is 5.76 Å². The molecule has 0 aromatic carbocycles. The second-order valence-corrected chi connectivity index (χ2v) is 7.84. The number of nitrogens with one attached hydrogen (secondary N) is 2. The quantitative estimate of drug-likeness (QED) is 0.715. The van der Waals surface area contributed by atoms with Gasteiger partial charge in [0, 0.05) is 12.1 Å². The maximum atomic E-state index is 12.0. The number of furan rings is 1. The lowest BCUT2D eigenvalue weighted by Crippen LogP contribution is -2.34. The molecular formula is C14H26N2O4S. The zero-order chi connectivity index (χ0) is 16.1. The smallest absolute Gasteiger partial charge is 0.274 e. The van der Waals surface area contributed by atoms with E-state index in [9.17, 15) is 8.42 Å². The van der Waals surface area contributed by atoms with E-state index in [4.69, 9.17) is 9.15 Å². The molecule has 0 saturated carbocycles. The molecule has 7 heteroatoms. The Labute approximate surface area is 127 Å². The van der Waals surface area contributed by atoms with Crippen LogP contribution in [0, 0.1) is 0 Å². The summed E-state index contributed by atoms with van der Waals surface area (Å²) in [5.74, 6) is 0.587. The molecule has 0 aliphatic carbocycles. The van der Waals surface area contributed by atoms with E-state index >= 15 is 0 Å². The molecule has 0 fully saturated rings. The standard InChI is InChI=1S/C14H26N2O4S/c1-11(2)19-9-8-16-21(17,18)13-7-6-12(20-13)10-15-14(3,4)5/h6-7,11,15-16H,8-10H2,1-5H3. The van der Waals surface area contributed by atoms with Gasteiger partial charge in [-0.05, 0) is 46.8 Å². The first-order chi connectivity index (χ1) is 9.60. The first kappa shape index (κ1) is 18.2. The van der Waals surface area contributed by atoms with E-state index in [1.807, 2.05) is 34.6 Å². The molecule has 0 saturated heterocycles. The van der Waals surface area contributed by atoms with Crippen molar-refractivity contribution < 1.29 is 17.6 Å². The summed E-state index contributed by atoms with van der Waals surface area (Å²) in [6, 6.07) is 3.13. The molecule has 0 spiro atoms. The van der Waals surface area contributed by atoms with E-state index in [0.717, 1.165) is 0 Å². The Kier molecular flexibility index (Phi) is 6.40. The maximum Gasteiger partial charge on any atom is 0.274 e. The highest BCUT2D eigenvalue weighted by molar-refractivity contribution is 7.89. The minimum Gasteiger partial charge on any atom is -0.447 e. The average Bonchev–Trinajstić information content (AvgIpc) is 2.81. The molecule has 0 bridgehead atoms. The molecule has 1 heterocycles. The summed E-state index contributed by atoms with van der Waals surface area (Å²) < 4.78 is 37.1. The third-order valence-electron chi connectivity index (χ3n) is 2.54. The molecule has 1 aromatic rings. The minimum absolute atomic E-state index is 0.0573. The molecule has 0 aliphatic rings. The molecule has 0 radical (unpaired) electrons. The van der Waals surface area contributed by atoms with Crippen LogP contribution in [0.25, 0.3) is 0 Å². The molecule has 0 amide bonds. The van der Waals surface area contributed by atoms with Gasteiger partial charge in [0.2, 0.25) is 5.09 Å². The fraction of sp³-hybridized carbons (Fsp3) is 0.714. The number of rotatable bonds is 8. The Bertz CT molecular complexity index is 529. The Balaban J connectivity index is 2.54. The molecule has 2 N–H and O–H groups in total. The van der Waals surface area contributed by atoms with Crippen LogP contribution in [-0.4, -0.2) is 33.2 Å². The van der Waals surface area contributed by atoms with E-state index in [1.165, 1.54) is 6.07 Å². The first-order valence-electron chi connectivity index (χ1n) is 7.05. The highest BCUT2D eigenvalue weighted by atomic mass is 32.2. The number of hydrogen-bond acceptors (Lipinski definition) is 5. The monoisotopic (exact) mass is 318 g/mol. The predicted octanol–water partition coefficient (Wildman–Crippen LogP) is 1.87. The topological polar surface area (TPSA) is 80.6 Å². The summed E-state index contributed by atoms with van der Waals surface area (Å²) in [5.41, 5.74) is -0.0573. The largest absolute Gasteiger partial charge is 0.447 e. The number of ether oxygens (including phenoxy) is 1. The van der Waals surface area contributed by atoms with Gasteiger partial charge in [-0.2, -0.15) is 0 Å². The highest BCUT2D eigenvalue weighted by Gasteiger charge is 2.19. The summed E-state index contributed by atoms with van der Waals surface area (Å²) >= 11 is 0. The average molecular weight is 318 g/mol. The fourth-order valence-corrected chi connectivity index (χ4v) is 2.45. The second-order valence-electron chi connectivity index (χ2n) is 6.14. The Morgan fingerprint density at radius 3 is 2.52 bits per heavy atom. The lowest BCUT2D eigenvalue weighted by atomic mass is 10.1. The SMILES string of the molecule is CC(C)OCCNS(=O)(=O)c1ccc(CNC(C)(C)C)o1. The molecule has 21 heavy (non-hydrogen) atoms. The van der Waals surface area contributed by atoms with Gasteiger partial charge in [-0.25, -0.2) is 13.1 Å². The van der Waals surface area contributed by atoms with Gasteiger partial charge in [0.15, 0.2) is 0 Å². The van der Waals surface area contributed by atoms with Crippen LogP contribution in [0.5, 0.6) is 0 Å². The second kappa shape index (κ2) is 7.40. The third-order valence-corrected chi connectivity index (χ3v) is 3.87. The van der Waals surface area contributed by atoms with Crippen molar-refractivity contribution in [3.63, 3.8) is 0 Å². The van der Waals surface area contributed by atoms with Crippen molar-refractivity contribution >= 4 is 10.0 Å². The summed E-state index contributed by atoms with van der Waals surface area (Å²) in [4.78, 5) is 0. The van der Waals surface area contributed by atoms with Crippen LogP contribution in [0.3, 0.4) is 0 Å². The molecule has 0 atom stereocenters. The molecule has 1 rings (SSSR count). The van der Waals surface area contributed by atoms with Crippen molar-refractivity contribution in [1.82, 2.24) is 10.0 Å². The van der Waals surface area contributed by atoms with Gasteiger partial charge in [-0.1, -0.05) is 0 Å². The molecule has 0 unspecified atom stereocenters. The predicted molar refractivity (Wildman–Crippen MR) is 81.6 cm³/mol. The van der Waals surface area contributed by atoms with Crippen LogP contribution in [0.4, 0.5) is 0 Å². The van der Waals surface area contributed by atoms with Gasteiger partial charge in [-0.3, -0.25) is 0 Å². The van der Waals surface area contributed by atoms with Crippen LogP contribution in [0.15, 0.2) is 21.6 Å². The van der Waals surface area contributed by atoms with E-state index in [-0.39, 0.29) is 23.3 Å². The Morgan fingerprint density at radius 2 is 1.95 bits per heavy atom. The van der Waals surface area contributed by atoms with Crippen LogP contribution in [0.2, 0.25) is 0 Å². The Morgan fingerprint density at radius 1 is 1.29 bits per heavy atom. The van der Waals surface area contributed by atoms with Crippen molar-refractivity contribution in [3.8, 4) is 0 Å². The van der Waals surface area contributed by atoms with Gasteiger partial charge in [0.05, 0.1) is 19.3 Å². The minimum atomic E-state index is -3.62. The van der Waals surface area contributed by atoms with Crippen molar-refractivity contribution in [3.05, 3.63) is 17.9 Å². The van der Waals surface area contributed by atoms with Crippen molar-refractivity contribution in [2.24, 2.45) is 0 Å². The van der Waals surface area contributed by atoms with Gasteiger partial charge in [-0.15, -0.1) is 0 Å². The van der Waals surface area contributed by atoms with Crippen LogP contribution in [-0.2, 0) is 21.3 Å². The lowest BCUT2D eigenvalue weighted by molar-refractivity contribution is 0.0833. The van der Waals surface area contributed by atoms with E-state index in [0.29, 0.717) is 18.9 Å². The van der Waals surface area contributed by atoms with Gasteiger partial charge in [0.25, 0.3) is 10.0 Å². The first-order valence-corrected chi connectivity index (χ1v) is 8.53. The van der Waals surface area contributed by atoms with Crippen molar-refractivity contribution in [1.29, 1.82) is 0 Å². The van der Waals surface area contributed by atoms with Gasteiger partial charge < -0.3 is 14.5 Å². The van der Waals surface area contributed by atoms with E-state index < -0.39 is 10.0 Å². The Hall–Kier alpha value is -0.890. The third kappa shape index (κ3) is 7.08. The highest BCUT2D eigenvalue weighted by Crippen LogP contribution is 2.14. The van der Waals surface area contributed by atoms with Crippen molar-refractivity contribution in [2.45, 2.75) is 57.9 Å². The normalized spacial score (nSPS) is 13.0. The number of hydrogen-bond donors (Lipinski definition) is 2. The van der Waals surface area contributed by atoms with Crippen LogP contribution < -0.4 is 10.0 Å². The molecule has 6 nitrogen and oxygen atoms in total. The van der Waals surface area contributed by atoms with Gasteiger partial charge >= 0.3 is 0 Å². The summed E-state index contributed by atoms with van der Waals surface area (Å²) in [7, 11) is -3.62. The van der Waals surface area contributed by atoms with E-state index in [1.54, 1.807) is 6.07 Å². The van der Waals surface area contributed by atoms with Crippen LogP contribution in [0.1, 0.15) is 40.4 Å². The zero-order valence-electron chi connectivity index (χ0n) is 13.4. The molecule has 1 aromatic heterocycles. The lowest BCUT2D eigenvalue weighted by Gasteiger charge is -2.19. The number of sulfonamides is 1. The summed E-state index contributed by atoms with van der Waals surface area (Å²) in [6.07, 6.45) is 0.0770.